The Bertz CT molecular complexity index is 1380. The number of rotatable bonds is 18. The third-order valence-electron chi connectivity index (χ3n) is 6.76. The molecule has 44 heavy (non-hydrogen) atoms. The molecule has 0 aliphatic carbocycles. The van der Waals surface area contributed by atoms with Crippen LogP contribution in [0.1, 0.15) is 97.4 Å². The number of hydrogen-bond donors (Lipinski definition) is 2. The topological polar surface area (TPSA) is 123 Å². The standard InChI is InChI=1S/C35H41N3O6/c1-2-3-4-5-6-7-8-9-16-21-32(39)36-26-33(40)38-37-25-29-22-23-30(43-34(41)27-17-12-10-13-18-27)24-31(29)44-35(42)28-19-14-11-15-20-28/h10-15,17-20,22-25H,2-9,16,21,26H2,1H3,(H,36,39)(H,38,40)/b37-25-. The van der Waals surface area contributed by atoms with E-state index in [4.69, 9.17) is 9.47 Å². The molecule has 9 nitrogen and oxygen atoms in total. The van der Waals surface area contributed by atoms with Crippen LogP contribution < -0.4 is 20.2 Å². The molecule has 0 aliphatic heterocycles. The van der Waals surface area contributed by atoms with Gasteiger partial charge < -0.3 is 14.8 Å². The summed E-state index contributed by atoms with van der Waals surface area (Å²) in [7, 11) is 0. The Morgan fingerprint density at radius 3 is 1.86 bits per heavy atom. The quantitative estimate of drug-likeness (QED) is 0.0558. The third-order valence-corrected chi connectivity index (χ3v) is 6.76. The average Bonchev–Trinajstić information content (AvgIpc) is 3.04. The van der Waals surface area contributed by atoms with Gasteiger partial charge in [-0.05, 0) is 42.8 Å². The van der Waals surface area contributed by atoms with Crippen molar-refractivity contribution in [2.75, 3.05) is 6.54 Å². The molecule has 0 saturated carbocycles. The second-order valence-electron chi connectivity index (χ2n) is 10.4. The summed E-state index contributed by atoms with van der Waals surface area (Å²) in [5.74, 6) is -1.64. The highest BCUT2D eigenvalue weighted by Crippen LogP contribution is 2.26. The van der Waals surface area contributed by atoms with E-state index in [0.717, 1.165) is 19.3 Å². The average molecular weight is 600 g/mol. The molecule has 232 valence electrons. The molecule has 0 aliphatic rings. The molecule has 2 amide bonds. The summed E-state index contributed by atoms with van der Waals surface area (Å²) in [6, 6.07) is 21.4. The lowest BCUT2D eigenvalue weighted by Crippen LogP contribution is -2.34. The lowest BCUT2D eigenvalue weighted by Gasteiger charge is -2.10. The summed E-state index contributed by atoms with van der Waals surface area (Å²) in [5, 5.41) is 6.55. The van der Waals surface area contributed by atoms with Gasteiger partial charge in [-0.25, -0.2) is 15.0 Å². The zero-order chi connectivity index (χ0) is 31.4. The highest BCUT2D eigenvalue weighted by atomic mass is 16.5. The van der Waals surface area contributed by atoms with Gasteiger partial charge in [0, 0.05) is 18.1 Å². The first-order chi connectivity index (χ1) is 21.5. The molecule has 0 bridgehead atoms. The van der Waals surface area contributed by atoms with Crippen molar-refractivity contribution in [3.8, 4) is 11.5 Å². The van der Waals surface area contributed by atoms with Crippen molar-refractivity contribution in [2.24, 2.45) is 5.10 Å². The Morgan fingerprint density at radius 2 is 1.25 bits per heavy atom. The molecule has 0 radical (unpaired) electrons. The van der Waals surface area contributed by atoms with E-state index in [0.29, 0.717) is 23.1 Å². The molecule has 0 fully saturated rings. The van der Waals surface area contributed by atoms with Gasteiger partial charge >= 0.3 is 11.9 Å². The van der Waals surface area contributed by atoms with E-state index in [-0.39, 0.29) is 24.0 Å². The van der Waals surface area contributed by atoms with Crippen LogP contribution in [0.15, 0.2) is 84.0 Å². The molecule has 0 unspecified atom stereocenters. The van der Waals surface area contributed by atoms with Crippen LogP contribution >= 0.6 is 0 Å². The fourth-order valence-corrected chi connectivity index (χ4v) is 4.32. The smallest absolute Gasteiger partial charge is 0.343 e. The van der Waals surface area contributed by atoms with Gasteiger partial charge in [0.15, 0.2) is 0 Å². The van der Waals surface area contributed by atoms with Gasteiger partial charge in [0.25, 0.3) is 5.91 Å². The second kappa shape index (κ2) is 19.4. The van der Waals surface area contributed by atoms with E-state index in [1.807, 2.05) is 0 Å². The number of nitrogens with one attached hydrogen (secondary N) is 2. The van der Waals surface area contributed by atoms with Gasteiger partial charge in [-0.15, -0.1) is 0 Å². The zero-order valence-corrected chi connectivity index (χ0v) is 25.3. The second-order valence-corrected chi connectivity index (χ2v) is 10.4. The summed E-state index contributed by atoms with van der Waals surface area (Å²) >= 11 is 0. The molecule has 0 aromatic heterocycles. The largest absolute Gasteiger partial charge is 0.423 e. The lowest BCUT2D eigenvalue weighted by molar-refractivity contribution is -0.126. The maximum Gasteiger partial charge on any atom is 0.343 e. The lowest BCUT2D eigenvalue weighted by atomic mass is 10.1. The Balaban J connectivity index is 1.50. The van der Waals surface area contributed by atoms with E-state index in [2.05, 4.69) is 22.8 Å². The first-order valence-electron chi connectivity index (χ1n) is 15.2. The summed E-state index contributed by atoms with van der Waals surface area (Å²) in [4.78, 5) is 49.6. The van der Waals surface area contributed by atoms with E-state index in [1.54, 1.807) is 66.7 Å². The summed E-state index contributed by atoms with van der Waals surface area (Å²) in [5.41, 5.74) is 3.40. The molecule has 0 saturated heterocycles. The van der Waals surface area contributed by atoms with E-state index in [9.17, 15) is 19.2 Å². The predicted molar refractivity (Wildman–Crippen MR) is 170 cm³/mol. The van der Waals surface area contributed by atoms with Crippen molar-refractivity contribution >= 4 is 30.0 Å². The molecule has 3 aromatic carbocycles. The van der Waals surface area contributed by atoms with Gasteiger partial charge in [-0.2, -0.15) is 5.10 Å². The van der Waals surface area contributed by atoms with Gasteiger partial charge in [0.1, 0.15) is 11.5 Å². The normalized spacial score (nSPS) is 10.8. The number of hydrogen-bond acceptors (Lipinski definition) is 7. The van der Waals surface area contributed by atoms with Crippen LogP contribution in [0.3, 0.4) is 0 Å². The molecule has 0 spiro atoms. The van der Waals surface area contributed by atoms with Gasteiger partial charge in [0.05, 0.1) is 23.9 Å². The minimum Gasteiger partial charge on any atom is -0.423 e. The summed E-state index contributed by atoms with van der Waals surface area (Å²) in [6.45, 7) is 2.00. The Hall–Kier alpha value is -4.79. The monoisotopic (exact) mass is 599 g/mol. The highest BCUT2D eigenvalue weighted by molar-refractivity contribution is 5.94. The number of benzene rings is 3. The fraction of sp³-hybridized carbons (Fsp3) is 0.343. The zero-order valence-electron chi connectivity index (χ0n) is 25.3. The van der Waals surface area contributed by atoms with Crippen molar-refractivity contribution in [3.05, 3.63) is 95.6 Å². The molecule has 9 heteroatoms. The first kappa shape index (κ1) is 33.7. The number of carbonyl (C=O) groups excluding carboxylic acids is 4. The summed E-state index contributed by atoms with van der Waals surface area (Å²) < 4.78 is 11.0. The number of ether oxygens (including phenoxy) is 2. The maximum absolute atomic E-state index is 12.7. The predicted octanol–water partition coefficient (Wildman–Crippen LogP) is 6.61. The van der Waals surface area contributed by atoms with Crippen LogP contribution in [0, 0.1) is 0 Å². The van der Waals surface area contributed by atoms with Crippen molar-refractivity contribution < 1.29 is 28.7 Å². The SMILES string of the molecule is CCCCCCCCCCCC(=O)NCC(=O)N/N=C\c1ccc(OC(=O)c2ccccc2)cc1OC(=O)c1ccccc1. The Kier molecular flexibility index (Phi) is 14.9. The number of nitrogens with zero attached hydrogens (tertiary/aromatic N) is 1. The van der Waals surface area contributed by atoms with E-state index in [1.165, 1.54) is 56.9 Å². The van der Waals surface area contributed by atoms with Crippen LogP contribution in [0.25, 0.3) is 0 Å². The molecular weight excluding hydrogens is 558 g/mol. The fourth-order valence-electron chi connectivity index (χ4n) is 4.32. The van der Waals surface area contributed by atoms with E-state index >= 15 is 0 Å². The first-order valence-corrected chi connectivity index (χ1v) is 15.2. The number of unbranched alkanes of at least 4 members (excludes halogenated alkanes) is 8. The molecule has 2 N–H and O–H groups in total. The molecule has 0 heterocycles. The Labute approximate surface area is 259 Å². The van der Waals surface area contributed by atoms with Gasteiger partial charge in [0.2, 0.25) is 5.91 Å². The number of amides is 2. The number of esters is 2. The van der Waals surface area contributed by atoms with Crippen molar-refractivity contribution in [3.63, 3.8) is 0 Å². The van der Waals surface area contributed by atoms with Crippen molar-refractivity contribution in [2.45, 2.75) is 71.1 Å². The van der Waals surface area contributed by atoms with Crippen molar-refractivity contribution in [1.29, 1.82) is 0 Å². The molecular formula is C35H41N3O6. The van der Waals surface area contributed by atoms with Gasteiger partial charge in [-0.1, -0.05) is 94.7 Å². The van der Waals surface area contributed by atoms with E-state index < -0.39 is 17.8 Å². The van der Waals surface area contributed by atoms with Crippen LogP contribution in [-0.4, -0.2) is 36.5 Å². The molecule has 3 aromatic rings. The number of hydrazone groups is 1. The molecule has 3 rings (SSSR count). The molecule has 0 atom stereocenters. The Morgan fingerprint density at radius 1 is 0.682 bits per heavy atom. The maximum atomic E-state index is 12.7. The van der Waals surface area contributed by atoms with Crippen LogP contribution in [0.4, 0.5) is 0 Å². The van der Waals surface area contributed by atoms with Crippen LogP contribution in [0.2, 0.25) is 0 Å². The van der Waals surface area contributed by atoms with Crippen molar-refractivity contribution in [1.82, 2.24) is 10.7 Å². The third kappa shape index (κ3) is 12.6. The summed E-state index contributed by atoms with van der Waals surface area (Å²) in [6.07, 6.45) is 12.2. The minimum atomic E-state index is -0.620. The highest BCUT2D eigenvalue weighted by Gasteiger charge is 2.15. The van der Waals surface area contributed by atoms with Crippen LogP contribution in [0.5, 0.6) is 11.5 Å². The number of carbonyl (C=O) groups is 4. The van der Waals surface area contributed by atoms with Gasteiger partial charge in [-0.3, -0.25) is 9.59 Å². The minimum absolute atomic E-state index is 0.0736. The van der Waals surface area contributed by atoms with Crippen LogP contribution in [-0.2, 0) is 9.59 Å².